The first-order valence-corrected chi connectivity index (χ1v) is 17.6. The van der Waals surface area contributed by atoms with E-state index in [2.05, 4.69) is 12.6 Å². The van der Waals surface area contributed by atoms with Crippen LogP contribution in [0.25, 0.3) is 0 Å². The maximum atomic E-state index is 15.4. The molecule has 0 unspecified atom stereocenters. The summed E-state index contributed by atoms with van der Waals surface area (Å²) < 4.78 is 37.5. The van der Waals surface area contributed by atoms with E-state index in [1.807, 2.05) is 86.5 Å². The number of likely N-dealkylation sites (N-methyl/N-ethyl adjacent to an activating group) is 1. The number of Topliss-reactive ketones (excluding diaryl/α,β-unsaturated/α-hetero) is 1. The highest BCUT2D eigenvalue weighted by atomic mass is 16.7. The Morgan fingerprint density at radius 3 is 2.25 bits per heavy atom. The summed E-state index contributed by atoms with van der Waals surface area (Å²) in [6.45, 7) is 8.58. The fourth-order valence-electron chi connectivity index (χ4n) is 8.42. The summed E-state index contributed by atoms with van der Waals surface area (Å²) >= 11 is 0. The summed E-state index contributed by atoms with van der Waals surface area (Å²) in [5.74, 6) is 2.12. The van der Waals surface area contributed by atoms with Gasteiger partial charge in [0.2, 0.25) is 12.7 Å². The van der Waals surface area contributed by atoms with E-state index < -0.39 is 24.2 Å². The average Bonchev–Trinajstić information content (AvgIpc) is 3.65. The highest BCUT2D eigenvalue weighted by molar-refractivity contribution is 6.10. The van der Waals surface area contributed by atoms with Gasteiger partial charge in [-0.3, -0.25) is 14.5 Å². The lowest BCUT2D eigenvalue weighted by atomic mass is 9.73. The molecule has 1 amide bonds. The number of ether oxygens (including phenoxy) is 6. The van der Waals surface area contributed by atoms with Crippen molar-refractivity contribution in [1.82, 2.24) is 9.80 Å². The topological polar surface area (TPSA) is 96.0 Å². The molecule has 8 rings (SSSR count). The van der Waals surface area contributed by atoms with Crippen LogP contribution in [0.1, 0.15) is 61.4 Å². The van der Waals surface area contributed by atoms with Crippen molar-refractivity contribution in [3.63, 3.8) is 0 Å². The molecule has 1 saturated heterocycles. The van der Waals surface area contributed by atoms with Crippen molar-refractivity contribution in [3.8, 4) is 28.7 Å². The standard InChI is InChI=1S/C42H42N2O8/c1-6-17-49-38-25(3)39-41(52-23-51-39)32-30(22-48-20-26-13-9-7-10-14-26)44-35(36(45)33(32)38)34-31-28(19-29(42(44)46)43(34)4)18-24(2)37(47-5)40(31)50-21-27-15-11-8-12-16-27/h6-16,18,29-30,34-35H,1,17,19-23H2,2-5H3/t29-,30-,34-,35-/m0/s1. The van der Waals surface area contributed by atoms with E-state index in [1.165, 1.54) is 0 Å². The van der Waals surface area contributed by atoms with Gasteiger partial charge in [-0.25, -0.2) is 0 Å². The van der Waals surface area contributed by atoms with Gasteiger partial charge in [0, 0.05) is 16.7 Å². The lowest BCUT2D eigenvalue weighted by molar-refractivity contribution is -0.156. The molecule has 4 aromatic carbocycles. The quantitative estimate of drug-likeness (QED) is 0.164. The van der Waals surface area contributed by atoms with Crippen molar-refractivity contribution < 1.29 is 38.0 Å². The number of fused-ring (bicyclic) bond motifs is 9. The predicted octanol–water partition coefficient (Wildman–Crippen LogP) is 6.45. The molecule has 0 aromatic heterocycles. The Morgan fingerprint density at radius 2 is 1.56 bits per heavy atom. The molecule has 4 aromatic rings. The van der Waals surface area contributed by atoms with Gasteiger partial charge in [0.05, 0.1) is 44.0 Å². The fourth-order valence-corrected chi connectivity index (χ4v) is 8.42. The number of piperazine rings is 1. The van der Waals surface area contributed by atoms with Crippen molar-refractivity contribution >= 4 is 11.7 Å². The second kappa shape index (κ2) is 13.7. The highest BCUT2D eigenvalue weighted by Gasteiger charge is 2.59. The molecular formula is C42H42N2O8. The van der Waals surface area contributed by atoms with E-state index in [-0.39, 0.29) is 31.7 Å². The van der Waals surface area contributed by atoms with Gasteiger partial charge in [-0.05, 0) is 49.6 Å². The van der Waals surface area contributed by atoms with Gasteiger partial charge in [-0.2, -0.15) is 0 Å². The van der Waals surface area contributed by atoms with Crippen LogP contribution in [-0.2, 0) is 29.2 Å². The lowest BCUT2D eigenvalue weighted by Gasteiger charge is -2.56. The first-order chi connectivity index (χ1) is 25.3. The van der Waals surface area contributed by atoms with Gasteiger partial charge < -0.3 is 33.3 Å². The van der Waals surface area contributed by atoms with Crippen molar-refractivity contribution in [2.75, 3.05) is 34.2 Å². The van der Waals surface area contributed by atoms with Crippen LogP contribution in [0.2, 0.25) is 0 Å². The predicted molar refractivity (Wildman–Crippen MR) is 193 cm³/mol. The van der Waals surface area contributed by atoms with Crippen molar-refractivity contribution in [2.45, 2.75) is 57.6 Å². The van der Waals surface area contributed by atoms with Gasteiger partial charge >= 0.3 is 0 Å². The number of nitrogens with zero attached hydrogens (tertiary/aromatic N) is 2. The zero-order valence-corrected chi connectivity index (χ0v) is 29.8. The van der Waals surface area contributed by atoms with Crippen LogP contribution in [0.3, 0.4) is 0 Å². The van der Waals surface area contributed by atoms with E-state index >= 15 is 4.79 Å². The van der Waals surface area contributed by atoms with Crippen LogP contribution < -0.4 is 23.7 Å². The second-order valence-corrected chi connectivity index (χ2v) is 13.7. The van der Waals surface area contributed by atoms with Gasteiger partial charge in [-0.1, -0.05) is 79.4 Å². The third-order valence-corrected chi connectivity index (χ3v) is 10.7. The number of rotatable bonds is 11. The maximum Gasteiger partial charge on any atom is 0.241 e. The largest absolute Gasteiger partial charge is 0.493 e. The minimum absolute atomic E-state index is 0.0146. The summed E-state index contributed by atoms with van der Waals surface area (Å²) in [6, 6.07) is 19.2. The molecule has 1 fully saturated rings. The van der Waals surface area contributed by atoms with E-state index in [0.29, 0.717) is 65.1 Å². The summed E-state index contributed by atoms with van der Waals surface area (Å²) in [5, 5.41) is 0. The SMILES string of the molecule is C=CCOc1c(C)c2c(c3c1C(=O)[C@@H]1[C@@H]4c5c(cc(C)c(OC)c5OCc5ccccc5)C[C@@H](C(=O)N1[C@H]3COCc1ccccc1)N4C)OCO2. The Kier molecular flexibility index (Phi) is 8.89. The van der Waals surface area contributed by atoms with Gasteiger partial charge in [0.15, 0.2) is 28.8 Å². The normalized spacial score (nSPS) is 21.3. The molecule has 0 aliphatic carbocycles. The minimum atomic E-state index is -0.942. The highest BCUT2D eigenvalue weighted by Crippen LogP contribution is 2.57. The summed E-state index contributed by atoms with van der Waals surface area (Å²) in [7, 11) is 3.55. The van der Waals surface area contributed by atoms with Gasteiger partial charge in [0.25, 0.3) is 0 Å². The van der Waals surface area contributed by atoms with Crippen molar-refractivity contribution in [3.05, 3.63) is 124 Å². The third kappa shape index (κ3) is 5.40. The monoisotopic (exact) mass is 702 g/mol. The Labute approximate surface area is 303 Å². The minimum Gasteiger partial charge on any atom is -0.493 e. The Hall–Kier alpha value is -5.32. The molecule has 2 bridgehead atoms. The van der Waals surface area contributed by atoms with E-state index in [0.717, 1.165) is 27.8 Å². The third-order valence-electron chi connectivity index (χ3n) is 10.7. The zero-order valence-electron chi connectivity index (χ0n) is 29.8. The first kappa shape index (κ1) is 33.8. The van der Waals surface area contributed by atoms with E-state index in [1.54, 1.807) is 18.1 Å². The molecule has 0 N–H and O–H groups in total. The molecule has 268 valence electrons. The molecule has 10 heteroatoms. The Bertz CT molecular complexity index is 2050. The number of hydrogen-bond donors (Lipinski definition) is 0. The van der Waals surface area contributed by atoms with Gasteiger partial charge in [0.1, 0.15) is 25.0 Å². The smallest absolute Gasteiger partial charge is 0.241 e. The number of hydrogen-bond acceptors (Lipinski definition) is 9. The Morgan fingerprint density at radius 1 is 0.865 bits per heavy atom. The molecule has 4 heterocycles. The van der Waals surface area contributed by atoms with Crippen LogP contribution in [0.5, 0.6) is 28.7 Å². The van der Waals surface area contributed by atoms with Crippen LogP contribution in [0, 0.1) is 13.8 Å². The lowest BCUT2D eigenvalue weighted by Crippen LogP contribution is -2.68. The van der Waals surface area contributed by atoms with E-state index in [9.17, 15) is 4.79 Å². The second-order valence-electron chi connectivity index (χ2n) is 13.7. The zero-order chi connectivity index (χ0) is 36.1. The van der Waals surface area contributed by atoms with Crippen molar-refractivity contribution in [2.24, 2.45) is 0 Å². The van der Waals surface area contributed by atoms with Crippen LogP contribution >= 0.6 is 0 Å². The molecule has 0 spiro atoms. The average molecular weight is 703 g/mol. The van der Waals surface area contributed by atoms with Crippen LogP contribution in [-0.4, -0.2) is 67.7 Å². The molecule has 4 aliphatic rings. The van der Waals surface area contributed by atoms with Gasteiger partial charge in [-0.15, -0.1) is 0 Å². The summed E-state index contributed by atoms with van der Waals surface area (Å²) in [6.07, 6.45) is 2.08. The molecule has 0 saturated carbocycles. The summed E-state index contributed by atoms with van der Waals surface area (Å²) in [5.41, 5.74) is 6.26. The number of aryl methyl sites for hydroxylation is 1. The number of amides is 1. The van der Waals surface area contributed by atoms with Crippen molar-refractivity contribution in [1.29, 1.82) is 0 Å². The molecular weight excluding hydrogens is 660 g/mol. The molecule has 52 heavy (non-hydrogen) atoms. The molecule has 0 radical (unpaired) electrons. The number of carbonyl (C=O) groups excluding carboxylic acids is 2. The number of ketones is 1. The Balaban J connectivity index is 1.31. The van der Waals surface area contributed by atoms with Crippen LogP contribution in [0.4, 0.5) is 0 Å². The van der Waals surface area contributed by atoms with E-state index in [4.69, 9.17) is 28.4 Å². The fraction of sp³-hybridized carbons (Fsp3) is 0.333. The van der Waals surface area contributed by atoms with Crippen LogP contribution in [0.15, 0.2) is 79.4 Å². The molecule has 4 aliphatic heterocycles. The number of benzene rings is 4. The molecule has 4 atom stereocenters. The summed E-state index contributed by atoms with van der Waals surface area (Å²) in [4.78, 5) is 34.1. The number of methoxy groups -OCH3 is 1. The first-order valence-electron chi connectivity index (χ1n) is 17.6. The molecule has 10 nitrogen and oxygen atoms in total. The number of carbonyl (C=O) groups is 2. The maximum absolute atomic E-state index is 15.4.